The van der Waals surface area contributed by atoms with E-state index in [1.54, 1.807) is 25.1 Å². The zero-order valence-electron chi connectivity index (χ0n) is 14.6. The van der Waals surface area contributed by atoms with E-state index < -0.39 is 5.91 Å². The number of hydrogen-bond acceptors (Lipinski definition) is 8. The molecule has 26 heavy (non-hydrogen) atoms. The van der Waals surface area contributed by atoms with Crippen LogP contribution in [-0.4, -0.2) is 26.0 Å². The number of carbonyl (C=O) groups is 1. The molecule has 0 saturated carbocycles. The van der Waals surface area contributed by atoms with Crippen LogP contribution in [0.25, 0.3) is 11.5 Å². The van der Waals surface area contributed by atoms with Gasteiger partial charge in [0.25, 0.3) is 5.89 Å². The van der Waals surface area contributed by atoms with Crippen molar-refractivity contribution in [2.24, 2.45) is 5.73 Å². The summed E-state index contributed by atoms with van der Waals surface area (Å²) in [5, 5.41) is 6.94. The Labute approximate surface area is 149 Å². The van der Waals surface area contributed by atoms with Gasteiger partial charge in [0.05, 0.1) is 0 Å². The highest BCUT2D eigenvalue weighted by atomic mass is 16.5. The van der Waals surface area contributed by atoms with Crippen LogP contribution in [0.1, 0.15) is 41.5 Å². The number of benzene rings is 1. The lowest BCUT2D eigenvalue weighted by Gasteiger charge is -2.09. The maximum Gasteiger partial charge on any atom is 0.263 e. The molecule has 3 rings (SSSR count). The second kappa shape index (κ2) is 6.79. The first-order valence-electron chi connectivity index (χ1n) is 7.99. The van der Waals surface area contributed by atoms with Crippen LogP contribution in [0.3, 0.4) is 0 Å². The standard InChI is InChI=1S/C17H19N7O2/c1-8(2)15-23-16(26-24-15)12-7-20-17(22-13(12)18)21-10-4-5-11(14(19)25)9(3)6-10/h4-8H,1-3H3,(H2,19,25)(H3,18,20,21,22). The van der Waals surface area contributed by atoms with E-state index in [2.05, 4.69) is 25.4 Å². The van der Waals surface area contributed by atoms with Gasteiger partial charge in [-0.05, 0) is 30.7 Å². The fraction of sp³-hybridized carbons (Fsp3) is 0.235. The Bertz CT molecular complexity index is 965. The molecule has 5 N–H and O–H groups in total. The third-order valence-electron chi connectivity index (χ3n) is 3.75. The SMILES string of the molecule is Cc1cc(Nc2ncc(-c3nc(C(C)C)no3)c(N)n2)ccc1C(N)=O. The Morgan fingerprint density at radius 2 is 2.04 bits per heavy atom. The molecule has 0 bridgehead atoms. The molecule has 9 heteroatoms. The van der Waals surface area contributed by atoms with Crippen molar-refractivity contribution in [2.45, 2.75) is 26.7 Å². The van der Waals surface area contributed by atoms with Crippen molar-refractivity contribution < 1.29 is 9.32 Å². The Morgan fingerprint density at radius 1 is 1.27 bits per heavy atom. The van der Waals surface area contributed by atoms with Crippen molar-refractivity contribution in [3.05, 3.63) is 41.3 Å². The molecule has 9 nitrogen and oxygen atoms in total. The first kappa shape index (κ1) is 17.3. The number of nitrogens with two attached hydrogens (primary N) is 2. The molecule has 0 aliphatic rings. The van der Waals surface area contributed by atoms with E-state index in [1.807, 2.05) is 13.8 Å². The summed E-state index contributed by atoms with van der Waals surface area (Å²) in [4.78, 5) is 24.0. The van der Waals surface area contributed by atoms with E-state index in [4.69, 9.17) is 16.0 Å². The summed E-state index contributed by atoms with van der Waals surface area (Å²) in [5.41, 5.74) is 13.7. The number of anilines is 3. The fourth-order valence-corrected chi connectivity index (χ4v) is 2.35. The monoisotopic (exact) mass is 353 g/mol. The second-order valence-electron chi connectivity index (χ2n) is 6.12. The van der Waals surface area contributed by atoms with Crippen molar-refractivity contribution in [1.82, 2.24) is 20.1 Å². The van der Waals surface area contributed by atoms with Crippen molar-refractivity contribution in [3.8, 4) is 11.5 Å². The van der Waals surface area contributed by atoms with E-state index in [-0.39, 0.29) is 17.6 Å². The van der Waals surface area contributed by atoms with E-state index in [0.717, 1.165) is 5.56 Å². The molecule has 0 aliphatic heterocycles. The van der Waals surface area contributed by atoms with E-state index in [0.29, 0.717) is 28.6 Å². The molecule has 1 aromatic carbocycles. The highest BCUT2D eigenvalue weighted by Crippen LogP contribution is 2.25. The molecule has 134 valence electrons. The zero-order chi connectivity index (χ0) is 18.8. The highest BCUT2D eigenvalue weighted by molar-refractivity contribution is 5.94. The zero-order valence-corrected chi connectivity index (χ0v) is 14.6. The van der Waals surface area contributed by atoms with Gasteiger partial charge in [-0.25, -0.2) is 4.98 Å². The lowest BCUT2D eigenvalue weighted by molar-refractivity contribution is 0.0999. The largest absolute Gasteiger partial charge is 0.383 e. The molecule has 0 radical (unpaired) electrons. The molecule has 0 spiro atoms. The Hall–Kier alpha value is -3.49. The second-order valence-corrected chi connectivity index (χ2v) is 6.12. The van der Waals surface area contributed by atoms with E-state index >= 15 is 0 Å². The summed E-state index contributed by atoms with van der Waals surface area (Å²) in [7, 11) is 0. The Kier molecular flexibility index (Phi) is 4.53. The van der Waals surface area contributed by atoms with Gasteiger partial charge in [-0.15, -0.1) is 0 Å². The first-order chi connectivity index (χ1) is 12.3. The van der Waals surface area contributed by atoms with Crippen LogP contribution in [0.4, 0.5) is 17.5 Å². The molecule has 0 fully saturated rings. The lowest BCUT2D eigenvalue weighted by atomic mass is 10.1. The maximum absolute atomic E-state index is 11.3. The summed E-state index contributed by atoms with van der Waals surface area (Å²) in [6, 6.07) is 5.14. The number of carbonyl (C=O) groups excluding carboxylic acids is 1. The summed E-state index contributed by atoms with van der Waals surface area (Å²) in [6.45, 7) is 5.73. The van der Waals surface area contributed by atoms with E-state index in [1.165, 1.54) is 6.20 Å². The average Bonchev–Trinajstić information content (AvgIpc) is 3.04. The molecule has 0 saturated heterocycles. The number of nitrogens with zero attached hydrogens (tertiary/aromatic N) is 4. The average molecular weight is 353 g/mol. The van der Waals surface area contributed by atoms with Gasteiger partial charge in [-0.3, -0.25) is 4.79 Å². The Morgan fingerprint density at radius 3 is 2.62 bits per heavy atom. The van der Waals surface area contributed by atoms with Crippen LogP contribution in [-0.2, 0) is 0 Å². The van der Waals surface area contributed by atoms with Gasteiger partial charge in [0, 0.05) is 23.4 Å². The predicted octanol–water partition coefficient (Wildman–Crippen LogP) is 2.38. The van der Waals surface area contributed by atoms with Gasteiger partial charge >= 0.3 is 0 Å². The van der Waals surface area contributed by atoms with Crippen LogP contribution < -0.4 is 16.8 Å². The minimum absolute atomic E-state index is 0.141. The van der Waals surface area contributed by atoms with Crippen LogP contribution in [0.5, 0.6) is 0 Å². The first-order valence-corrected chi connectivity index (χ1v) is 7.99. The number of aryl methyl sites for hydroxylation is 1. The van der Waals surface area contributed by atoms with Crippen LogP contribution in [0, 0.1) is 6.92 Å². The predicted molar refractivity (Wildman–Crippen MR) is 96.8 cm³/mol. The van der Waals surface area contributed by atoms with Crippen LogP contribution in [0.2, 0.25) is 0 Å². The molecular formula is C17H19N7O2. The van der Waals surface area contributed by atoms with Crippen molar-refractivity contribution in [3.63, 3.8) is 0 Å². The van der Waals surface area contributed by atoms with Crippen LogP contribution >= 0.6 is 0 Å². The van der Waals surface area contributed by atoms with Gasteiger partial charge < -0.3 is 21.3 Å². The molecule has 2 heterocycles. The van der Waals surface area contributed by atoms with Crippen molar-refractivity contribution in [2.75, 3.05) is 11.1 Å². The van der Waals surface area contributed by atoms with E-state index in [9.17, 15) is 4.79 Å². The van der Waals surface area contributed by atoms with Crippen molar-refractivity contribution >= 4 is 23.4 Å². The smallest absolute Gasteiger partial charge is 0.263 e. The highest BCUT2D eigenvalue weighted by Gasteiger charge is 2.16. The summed E-state index contributed by atoms with van der Waals surface area (Å²) < 4.78 is 5.22. The third-order valence-corrected chi connectivity index (χ3v) is 3.75. The summed E-state index contributed by atoms with van der Waals surface area (Å²) in [6.07, 6.45) is 1.52. The normalized spacial score (nSPS) is 10.9. The minimum Gasteiger partial charge on any atom is -0.383 e. The third kappa shape index (κ3) is 3.46. The number of amides is 1. The van der Waals surface area contributed by atoms with Gasteiger partial charge in [0.1, 0.15) is 11.4 Å². The fourth-order valence-electron chi connectivity index (χ4n) is 2.35. The molecule has 3 aromatic rings. The van der Waals surface area contributed by atoms with Gasteiger partial charge in [0.15, 0.2) is 5.82 Å². The number of nitrogen functional groups attached to an aromatic ring is 1. The molecule has 2 aromatic heterocycles. The number of primary amides is 1. The van der Waals surface area contributed by atoms with Gasteiger partial charge in [0.2, 0.25) is 11.9 Å². The summed E-state index contributed by atoms with van der Waals surface area (Å²) in [5.74, 6) is 1.06. The lowest BCUT2D eigenvalue weighted by Crippen LogP contribution is -2.12. The Balaban J connectivity index is 1.83. The number of nitrogens with one attached hydrogen (secondary N) is 1. The van der Waals surface area contributed by atoms with Gasteiger partial charge in [-0.1, -0.05) is 19.0 Å². The van der Waals surface area contributed by atoms with Crippen molar-refractivity contribution in [1.29, 1.82) is 0 Å². The maximum atomic E-state index is 11.3. The van der Waals surface area contributed by atoms with Gasteiger partial charge in [-0.2, -0.15) is 9.97 Å². The summed E-state index contributed by atoms with van der Waals surface area (Å²) >= 11 is 0. The molecule has 0 atom stereocenters. The molecule has 0 aliphatic carbocycles. The quantitative estimate of drug-likeness (QED) is 0.633. The minimum atomic E-state index is -0.473. The molecule has 1 amide bonds. The number of aromatic nitrogens is 4. The molecular weight excluding hydrogens is 334 g/mol. The topological polar surface area (TPSA) is 146 Å². The number of rotatable bonds is 5. The molecule has 0 unspecified atom stereocenters. The number of hydrogen-bond donors (Lipinski definition) is 3. The van der Waals surface area contributed by atoms with Crippen LogP contribution in [0.15, 0.2) is 28.9 Å².